The van der Waals surface area contributed by atoms with E-state index in [1.54, 1.807) is 17.2 Å². The van der Waals surface area contributed by atoms with Gasteiger partial charge in [0.15, 0.2) is 5.13 Å². The fourth-order valence-electron chi connectivity index (χ4n) is 2.60. The summed E-state index contributed by atoms with van der Waals surface area (Å²) < 4.78 is 13.2. The topological polar surface area (TPSA) is 65.5 Å². The number of anilines is 1. The molecule has 3 rings (SSSR count). The first kappa shape index (κ1) is 15.9. The summed E-state index contributed by atoms with van der Waals surface area (Å²) in [5, 5.41) is 12.9. The lowest BCUT2D eigenvalue weighted by molar-refractivity contribution is 0.0883. The van der Waals surface area contributed by atoms with Crippen LogP contribution in [0.2, 0.25) is 0 Å². The second-order valence-electron chi connectivity index (χ2n) is 5.61. The van der Waals surface area contributed by atoms with Crippen LogP contribution in [0.4, 0.5) is 14.3 Å². The fraction of sp³-hybridized carbons (Fsp3) is 0.375. The number of amides is 2. The van der Waals surface area contributed by atoms with Gasteiger partial charge in [-0.05, 0) is 30.5 Å². The minimum atomic E-state index is -0.450. The number of carbonyl (C=O) groups is 1. The largest absolute Gasteiger partial charge is 0.391 e. The molecule has 1 aromatic heterocycles. The summed E-state index contributed by atoms with van der Waals surface area (Å²) in [7, 11) is 0. The number of nitrogens with zero attached hydrogens (tertiary/aromatic N) is 2. The summed E-state index contributed by atoms with van der Waals surface area (Å²) in [5.41, 5.74) is 0.866. The molecule has 1 aromatic carbocycles. The van der Waals surface area contributed by atoms with Crippen LogP contribution in [0.15, 0.2) is 30.5 Å². The molecule has 0 radical (unpaired) electrons. The molecular formula is C16H18FN3O2S. The summed E-state index contributed by atoms with van der Waals surface area (Å²) in [4.78, 5) is 18.9. The van der Waals surface area contributed by atoms with Gasteiger partial charge in [0.25, 0.3) is 0 Å². The molecule has 1 aliphatic rings. The van der Waals surface area contributed by atoms with Crippen molar-refractivity contribution in [2.75, 3.05) is 18.4 Å². The average Bonchev–Trinajstić information content (AvgIpc) is 2.94. The smallest absolute Gasteiger partial charge is 0.323 e. The summed E-state index contributed by atoms with van der Waals surface area (Å²) in [5.74, 6) is -0.260. The van der Waals surface area contributed by atoms with Gasteiger partial charge in [0.05, 0.1) is 6.10 Å². The van der Waals surface area contributed by atoms with Crippen molar-refractivity contribution in [2.45, 2.75) is 25.4 Å². The molecule has 1 aliphatic heterocycles. The highest BCUT2D eigenvalue weighted by Crippen LogP contribution is 2.22. The number of β-amino-alcohol motifs (C(OH)–C–C–N with tert-alkyl or cyclic N) is 1. The number of rotatable bonds is 3. The summed E-state index contributed by atoms with van der Waals surface area (Å²) in [6.45, 7) is 0.998. The number of halogens is 1. The molecule has 122 valence electrons. The van der Waals surface area contributed by atoms with Crippen molar-refractivity contribution in [1.29, 1.82) is 0 Å². The van der Waals surface area contributed by atoms with E-state index in [2.05, 4.69) is 10.3 Å². The van der Waals surface area contributed by atoms with Gasteiger partial charge in [-0.15, -0.1) is 11.3 Å². The molecule has 0 spiro atoms. The van der Waals surface area contributed by atoms with Crippen molar-refractivity contribution in [2.24, 2.45) is 0 Å². The predicted octanol–water partition coefficient (Wildman–Crippen LogP) is 2.86. The Kier molecular flexibility index (Phi) is 4.88. The van der Waals surface area contributed by atoms with Gasteiger partial charge in [0.2, 0.25) is 0 Å². The first-order chi connectivity index (χ1) is 11.1. The van der Waals surface area contributed by atoms with Gasteiger partial charge in [-0.1, -0.05) is 12.1 Å². The number of nitrogens with one attached hydrogen (secondary N) is 1. The minimum absolute atomic E-state index is 0.240. The number of thiazole rings is 1. The lowest BCUT2D eigenvalue weighted by Gasteiger charge is -2.29. The summed E-state index contributed by atoms with van der Waals surface area (Å²) in [6, 6.07) is 6.20. The Morgan fingerprint density at radius 1 is 1.52 bits per heavy atom. The van der Waals surface area contributed by atoms with Gasteiger partial charge < -0.3 is 10.0 Å². The molecule has 7 heteroatoms. The van der Waals surface area contributed by atoms with Crippen molar-refractivity contribution < 1.29 is 14.3 Å². The Morgan fingerprint density at radius 2 is 2.39 bits per heavy atom. The van der Waals surface area contributed by atoms with E-state index in [1.165, 1.54) is 23.5 Å². The van der Waals surface area contributed by atoms with Crippen LogP contribution in [0.5, 0.6) is 0 Å². The SMILES string of the molecule is O=C(Nc1ncc(Cc2cccc(F)c2)s1)N1CCCC(O)C1. The summed E-state index contributed by atoms with van der Waals surface area (Å²) >= 11 is 1.37. The molecule has 23 heavy (non-hydrogen) atoms. The van der Waals surface area contributed by atoms with Crippen molar-refractivity contribution >= 4 is 22.5 Å². The molecule has 5 nitrogen and oxygen atoms in total. The van der Waals surface area contributed by atoms with Gasteiger partial charge in [0.1, 0.15) is 5.82 Å². The second-order valence-corrected chi connectivity index (χ2v) is 6.73. The van der Waals surface area contributed by atoms with E-state index in [0.29, 0.717) is 24.6 Å². The zero-order chi connectivity index (χ0) is 16.2. The maximum atomic E-state index is 13.2. The van der Waals surface area contributed by atoms with E-state index < -0.39 is 6.10 Å². The Bertz CT molecular complexity index is 691. The van der Waals surface area contributed by atoms with Crippen LogP contribution in [0, 0.1) is 5.82 Å². The van der Waals surface area contributed by atoms with E-state index in [4.69, 9.17) is 0 Å². The number of hydrogen-bond donors (Lipinski definition) is 2. The molecular weight excluding hydrogens is 317 g/mol. The zero-order valence-electron chi connectivity index (χ0n) is 12.5. The van der Waals surface area contributed by atoms with Gasteiger partial charge in [-0.25, -0.2) is 14.2 Å². The molecule has 0 bridgehead atoms. The standard InChI is InChI=1S/C16H18FN3O2S/c17-12-4-1-3-11(7-12)8-14-9-18-15(23-14)19-16(22)20-6-2-5-13(21)10-20/h1,3-4,7,9,13,21H,2,5-6,8,10H2,(H,18,19,22). The number of likely N-dealkylation sites (tertiary alicyclic amines) is 1. The van der Waals surface area contributed by atoms with Gasteiger partial charge in [0, 0.05) is 30.6 Å². The van der Waals surface area contributed by atoms with Crippen LogP contribution < -0.4 is 5.32 Å². The third-order valence-electron chi connectivity index (χ3n) is 3.72. The Labute approximate surface area is 137 Å². The molecule has 0 aliphatic carbocycles. The molecule has 1 saturated heterocycles. The first-order valence-corrected chi connectivity index (χ1v) is 8.35. The molecule has 1 fully saturated rings. The lowest BCUT2D eigenvalue weighted by Crippen LogP contribution is -2.44. The zero-order valence-corrected chi connectivity index (χ0v) is 13.4. The fourth-order valence-corrected chi connectivity index (χ4v) is 3.44. The maximum Gasteiger partial charge on any atom is 0.323 e. The third-order valence-corrected chi connectivity index (χ3v) is 4.63. The maximum absolute atomic E-state index is 13.2. The predicted molar refractivity (Wildman–Crippen MR) is 87.2 cm³/mol. The Hall–Kier alpha value is -1.99. The molecule has 1 unspecified atom stereocenters. The number of benzene rings is 1. The van der Waals surface area contributed by atoms with E-state index in [-0.39, 0.29) is 11.8 Å². The number of urea groups is 1. The van der Waals surface area contributed by atoms with Gasteiger partial charge in [-0.3, -0.25) is 5.32 Å². The number of piperidine rings is 1. The number of aromatic nitrogens is 1. The number of aliphatic hydroxyl groups is 1. The van der Waals surface area contributed by atoms with Crippen molar-refractivity contribution in [1.82, 2.24) is 9.88 Å². The van der Waals surface area contributed by atoms with Crippen molar-refractivity contribution in [3.8, 4) is 0 Å². The molecule has 2 heterocycles. The van der Waals surface area contributed by atoms with E-state index in [0.717, 1.165) is 23.3 Å². The van der Waals surface area contributed by atoms with Crippen LogP contribution in [0.1, 0.15) is 23.3 Å². The molecule has 2 aromatic rings. The number of aliphatic hydroxyl groups excluding tert-OH is 1. The Balaban J connectivity index is 1.59. The Morgan fingerprint density at radius 3 is 3.17 bits per heavy atom. The highest BCUT2D eigenvalue weighted by molar-refractivity contribution is 7.15. The van der Waals surface area contributed by atoms with Crippen LogP contribution in [0.3, 0.4) is 0 Å². The third kappa shape index (κ3) is 4.27. The van der Waals surface area contributed by atoms with E-state index in [9.17, 15) is 14.3 Å². The van der Waals surface area contributed by atoms with Crippen molar-refractivity contribution in [3.05, 3.63) is 46.7 Å². The highest BCUT2D eigenvalue weighted by atomic mass is 32.1. The monoisotopic (exact) mass is 335 g/mol. The van der Waals surface area contributed by atoms with Crippen LogP contribution >= 0.6 is 11.3 Å². The highest BCUT2D eigenvalue weighted by Gasteiger charge is 2.22. The van der Waals surface area contributed by atoms with Gasteiger partial charge in [-0.2, -0.15) is 0 Å². The molecule has 0 saturated carbocycles. The van der Waals surface area contributed by atoms with Gasteiger partial charge >= 0.3 is 6.03 Å². The number of carbonyl (C=O) groups excluding carboxylic acids is 1. The average molecular weight is 335 g/mol. The summed E-state index contributed by atoms with van der Waals surface area (Å²) in [6.07, 6.45) is 3.36. The molecule has 1 atom stereocenters. The lowest BCUT2D eigenvalue weighted by atomic mass is 10.1. The minimum Gasteiger partial charge on any atom is -0.391 e. The normalized spacial score (nSPS) is 18.0. The molecule has 2 N–H and O–H groups in total. The van der Waals surface area contributed by atoms with Crippen LogP contribution in [0.25, 0.3) is 0 Å². The second kappa shape index (κ2) is 7.06. The van der Waals surface area contributed by atoms with Crippen LogP contribution in [-0.4, -0.2) is 40.2 Å². The quantitative estimate of drug-likeness (QED) is 0.906. The number of hydrogen-bond acceptors (Lipinski definition) is 4. The van der Waals surface area contributed by atoms with Crippen LogP contribution in [-0.2, 0) is 6.42 Å². The van der Waals surface area contributed by atoms with Crippen molar-refractivity contribution in [3.63, 3.8) is 0 Å². The molecule has 2 amide bonds. The van der Waals surface area contributed by atoms with E-state index >= 15 is 0 Å². The first-order valence-electron chi connectivity index (χ1n) is 7.53. The van der Waals surface area contributed by atoms with E-state index in [1.807, 2.05) is 6.07 Å².